The molecule has 2 saturated heterocycles. The van der Waals surface area contributed by atoms with Crippen molar-refractivity contribution >= 4 is 18.0 Å². The van der Waals surface area contributed by atoms with Gasteiger partial charge >= 0.3 is 12.1 Å². The third-order valence-corrected chi connectivity index (χ3v) is 4.34. The predicted molar refractivity (Wildman–Crippen MR) is 77.4 cm³/mol. The van der Waals surface area contributed by atoms with Crippen LogP contribution < -0.4 is 10.6 Å². The van der Waals surface area contributed by atoms with Crippen LogP contribution in [0.15, 0.2) is 0 Å². The number of amides is 4. The molecule has 0 aromatic heterocycles. The standard InChI is InChI=1S/C14H23N3O5/c1-13(2,3)17(12(20)21)8-14(9-4-6-22-7-5-9)10(18)15-11(19)16-14/h9H,4-8H2,1-3H3,(H,20,21)(H2,15,16,18,19)/t14-/m0/s1. The predicted octanol–water partition coefficient (Wildman–Crippen LogP) is 0.770. The number of rotatable bonds is 3. The number of imide groups is 1. The third-order valence-electron chi connectivity index (χ3n) is 4.34. The summed E-state index contributed by atoms with van der Waals surface area (Å²) in [7, 11) is 0. The normalized spacial score (nSPS) is 26.5. The molecule has 0 aliphatic carbocycles. The van der Waals surface area contributed by atoms with Crippen molar-refractivity contribution in [1.82, 2.24) is 15.5 Å². The number of nitrogens with zero attached hydrogens (tertiary/aromatic N) is 1. The van der Waals surface area contributed by atoms with Gasteiger partial charge in [-0.2, -0.15) is 0 Å². The summed E-state index contributed by atoms with van der Waals surface area (Å²) in [6, 6.07) is -0.573. The minimum atomic E-state index is -1.23. The monoisotopic (exact) mass is 313 g/mol. The fourth-order valence-electron chi connectivity index (χ4n) is 3.06. The van der Waals surface area contributed by atoms with Gasteiger partial charge in [-0.1, -0.05) is 0 Å². The van der Waals surface area contributed by atoms with Crippen molar-refractivity contribution in [3.8, 4) is 0 Å². The molecular weight excluding hydrogens is 290 g/mol. The van der Waals surface area contributed by atoms with Crippen LogP contribution in [0.1, 0.15) is 33.6 Å². The quantitative estimate of drug-likeness (QED) is 0.667. The number of hydrogen-bond acceptors (Lipinski definition) is 4. The molecule has 124 valence electrons. The van der Waals surface area contributed by atoms with Crippen LogP contribution in [0.4, 0.5) is 9.59 Å². The largest absolute Gasteiger partial charge is 0.465 e. The van der Waals surface area contributed by atoms with E-state index in [0.717, 1.165) is 0 Å². The summed E-state index contributed by atoms with van der Waals surface area (Å²) in [6.45, 7) is 6.19. The van der Waals surface area contributed by atoms with Gasteiger partial charge < -0.3 is 20.1 Å². The maximum atomic E-state index is 12.4. The van der Waals surface area contributed by atoms with Crippen molar-refractivity contribution < 1.29 is 24.2 Å². The zero-order valence-electron chi connectivity index (χ0n) is 13.1. The van der Waals surface area contributed by atoms with Crippen LogP contribution in [0.5, 0.6) is 0 Å². The van der Waals surface area contributed by atoms with E-state index in [-0.39, 0.29) is 12.5 Å². The first-order valence-corrected chi connectivity index (χ1v) is 7.39. The van der Waals surface area contributed by atoms with Crippen LogP contribution >= 0.6 is 0 Å². The van der Waals surface area contributed by atoms with Crippen LogP contribution in [0.25, 0.3) is 0 Å². The number of ether oxygens (including phenoxy) is 1. The summed E-state index contributed by atoms with van der Waals surface area (Å²) in [5, 5.41) is 14.4. The first-order valence-electron chi connectivity index (χ1n) is 7.39. The Morgan fingerprint density at radius 3 is 2.36 bits per heavy atom. The van der Waals surface area contributed by atoms with Gasteiger partial charge in [0.25, 0.3) is 5.91 Å². The van der Waals surface area contributed by atoms with E-state index in [1.807, 2.05) is 0 Å². The number of carbonyl (C=O) groups is 3. The molecule has 2 rings (SSSR count). The first kappa shape index (κ1) is 16.5. The van der Waals surface area contributed by atoms with Crippen molar-refractivity contribution in [3.63, 3.8) is 0 Å². The van der Waals surface area contributed by atoms with Gasteiger partial charge in [-0.05, 0) is 39.5 Å². The Kier molecular flexibility index (Phi) is 4.32. The van der Waals surface area contributed by atoms with E-state index in [9.17, 15) is 19.5 Å². The second kappa shape index (κ2) is 5.75. The zero-order chi connectivity index (χ0) is 16.5. The Bertz CT molecular complexity index is 481. The van der Waals surface area contributed by atoms with Crippen molar-refractivity contribution in [3.05, 3.63) is 0 Å². The Morgan fingerprint density at radius 2 is 1.95 bits per heavy atom. The second-order valence-electron chi connectivity index (χ2n) is 6.81. The van der Waals surface area contributed by atoms with Gasteiger partial charge in [-0.25, -0.2) is 9.59 Å². The molecule has 3 N–H and O–H groups in total. The van der Waals surface area contributed by atoms with Gasteiger partial charge in [-0.15, -0.1) is 0 Å². The Labute approximate surface area is 129 Å². The van der Waals surface area contributed by atoms with E-state index in [1.54, 1.807) is 20.8 Å². The summed E-state index contributed by atoms with van der Waals surface area (Å²) in [5.41, 5.74) is -1.91. The molecule has 8 nitrogen and oxygen atoms in total. The molecule has 0 radical (unpaired) electrons. The van der Waals surface area contributed by atoms with E-state index < -0.39 is 29.1 Å². The molecule has 2 fully saturated rings. The maximum absolute atomic E-state index is 12.4. The molecule has 0 unspecified atom stereocenters. The van der Waals surface area contributed by atoms with Crippen LogP contribution in [0.3, 0.4) is 0 Å². The summed E-state index contributed by atoms with van der Waals surface area (Å²) >= 11 is 0. The third kappa shape index (κ3) is 3.01. The average Bonchev–Trinajstić information content (AvgIpc) is 2.71. The van der Waals surface area contributed by atoms with Crippen molar-refractivity contribution in [2.75, 3.05) is 19.8 Å². The topological polar surface area (TPSA) is 108 Å². The minimum Gasteiger partial charge on any atom is -0.465 e. The van der Waals surface area contributed by atoms with Crippen LogP contribution in [-0.4, -0.2) is 58.9 Å². The van der Waals surface area contributed by atoms with Gasteiger partial charge in [0.15, 0.2) is 0 Å². The van der Waals surface area contributed by atoms with E-state index >= 15 is 0 Å². The molecule has 0 aromatic rings. The lowest BCUT2D eigenvalue weighted by molar-refractivity contribution is -0.128. The van der Waals surface area contributed by atoms with Crippen LogP contribution in [0, 0.1) is 5.92 Å². The molecule has 22 heavy (non-hydrogen) atoms. The summed E-state index contributed by atoms with van der Waals surface area (Å²) < 4.78 is 5.31. The van der Waals surface area contributed by atoms with Gasteiger partial charge in [0.1, 0.15) is 5.54 Å². The molecule has 4 amide bonds. The average molecular weight is 313 g/mol. The Hall–Kier alpha value is -1.83. The highest BCUT2D eigenvalue weighted by Crippen LogP contribution is 2.32. The molecule has 0 aromatic carbocycles. The van der Waals surface area contributed by atoms with Crippen molar-refractivity contribution in [1.29, 1.82) is 0 Å². The number of urea groups is 1. The summed E-state index contributed by atoms with van der Waals surface area (Å²) in [5.74, 6) is -0.614. The van der Waals surface area contributed by atoms with Crippen LogP contribution in [-0.2, 0) is 9.53 Å². The van der Waals surface area contributed by atoms with Crippen molar-refractivity contribution in [2.45, 2.75) is 44.7 Å². The van der Waals surface area contributed by atoms with E-state index in [4.69, 9.17) is 4.74 Å². The molecule has 0 spiro atoms. The summed E-state index contributed by atoms with van der Waals surface area (Å²) in [4.78, 5) is 36.9. The number of hydrogen-bond donors (Lipinski definition) is 3. The first-order chi connectivity index (χ1) is 10.2. The lowest BCUT2D eigenvalue weighted by Gasteiger charge is -2.43. The van der Waals surface area contributed by atoms with Crippen LogP contribution in [0.2, 0.25) is 0 Å². The Morgan fingerprint density at radius 1 is 1.36 bits per heavy atom. The zero-order valence-corrected chi connectivity index (χ0v) is 13.1. The number of nitrogens with one attached hydrogen (secondary N) is 2. The van der Waals surface area contributed by atoms with Gasteiger partial charge in [-0.3, -0.25) is 10.1 Å². The highest BCUT2D eigenvalue weighted by molar-refractivity contribution is 6.07. The fourth-order valence-corrected chi connectivity index (χ4v) is 3.06. The second-order valence-corrected chi connectivity index (χ2v) is 6.81. The number of carboxylic acid groups (broad SMARTS) is 1. The SMILES string of the molecule is CC(C)(C)N(C[C@@]1(C2CCOCC2)NC(=O)NC1=O)C(=O)O. The highest BCUT2D eigenvalue weighted by Gasteiger charge is 2.54. The minimum absolute atomic E-state index is 0.0753. The smallest absolute Gasteiger partial charge is 0.407 e. The molecule has 2 aliphatic heterocycles. The molecule has 8 heteroatoms. The summed E-state index contributed by atoms with van der Waals surface area (Å²) in [6.07, 6.45) is 0.0873. The number of carbonyl (C=O) groups excluding carboxylic acids is 2. The maximum Gasteiger partial charge on any atom is 0.407 e. The highest BCUT2D eigenvalue weighted by atomic mass is 16.5. The van der Waals surface area contributed by atoms with E-state index in [1.165, 1.54) is 4.90 Å². The lowest BCUT2D eigenvalue weighted by atomic mass is 9.78. The van der Waals surface area contributed by atoms with E-state index in [2.05, 4.69) is 10.6 Å². The molecule has 1 atom stereocenters. The molecule has 0 bridgehead atoms. The fraction of sp³-hybridized carbons (Fsp3) is 0.786. The van der Waals surface area contributed by atoms with Gasteiger partial charge in [0.05, 0.1) is 6.54 Å². The van der Waals surface area contributed by atoms with E-state index in [0.29, 0.717) is 26.1 Å². The van der Waals surface area contributed by atoms with Gasteiger partial charge in [0.2, 0.25) is 0 Å². The van der Waals surface area contributed by atoms with Crippen molar-refractivity contribution in [2.24, 2.45) is 5.92 Å². The Balaban J connectivity index is 2.34. The molecule has 2 heterocycles. The molecule has 0 saturated carbocycles. The molecule has 2 aliphatic rings. The molecular formula is C14H23N3O5. The van der Waals surface area contributed by atoms with Gasteiger partial charge in [0, 0.05) is 18.8 Å². The lowest BCUT2D eigenvalue weighted by Crippen LogP contribution is -2.64.